The number of nitrogens with zero attached hydrogens (tertiary/aromatic N) is 2. The third-order valence-electron chi connectivity index (χ3n) is 7.01. The van der Waals surface area contributed by atoms with E-state index in [-0.39, 0.29) is 0 Å². The molecule has 1 aliphatic rings. The number of benzene rings is 1. The van der Waals surface area contributed by atoms with Gasteiger partial charge in [-0.05, 0) is 43.0 Å². The van der Waals surface area contributed by atoms with Gasteiger partial charge in [0, 0.05) is 5.56 Å². The van der Waals surface area contributed by atoms with Crippen molar-refractivity contribution in [3.8, 4) is 22.9 Å². The van der Waals surface area contributed by atoms with Crippen LogP contribution in [0.4, 0.5) is 0 Å². The van der Waals surface area contributed by atoms with Crippen molar-refractivity contribution in [3.05, 3.63) is 36.7 Å². The van der Waals surface area contributed by atoms with E-state index in [0.29, 0.717) is 0 Å². The molecule has 1 fully saturated rings. The minimum absolute atomic E-state index is 0.719. The van der Waals surface area contributed by atoms with Gasteiger partial charge in [0.15, 0.2) is 11.6 Å². The summed E-state index contributed by atoms with van der Waals surface area (Å²) < 4.78 is 11.7. The van der Waals surface area contributed by atoms with Gasteiger partial charge in [-0.15, -0.1) is 0 Å². The fourth-order valence-corrected chi connectivity index (χ4v) is 4.87. The molecule has 1 aliphatic carbocycles. The van der Waals surface area contributed by atoms with E-state index in [1.807, 2.05) is 24.3 Å². The van der Waals surface area contributed by atoms with Crippen molar-refractivity contribution in [1.82, 2.24) is 9.97 Å². The summed E-state index contributed by atoms with van der Waals surface area (Å²) >= 11 is 0. The molecule has 0 radical (unpaired) electrons. The fourth-order valence-electron chi connectivity index (χ4n) is 4.87. The van der Waals surface area contributed by atoms with Gasteiger partial charge < -0.3 is 9.47 Å². The molecule has 0 N–H and O–H groups in total. The molecule has 1 heterocycles. The molecule has 34 heavy (non-hydrogen) atoms. The lowest BCUT2D eigenvalue weighted by Gasteiger charge is -2.09. The second kappa shape index (κ2) is 16.5. The van der Waals surface area contributed by atoms with Crippen LogP contribution >= 0.6 is 0 Å². The Morgan fingerprint density at radius 1 is 0.676 bits per heavy atom. The zero-order valence-electron chi connectivity index (χ0n) is 21.5. The van der Waals surface area contributed by atoms with Crippen molar-refractivity contribution < 1.29 is 9.47 Å². The number of rotatable bonds is 18. The summed E-state index contributed by atoms with van der Waals surface area (Å²) in [6, 6.07) is 8.10. The lowest BCUT2D eigenvalue weighted by atomic mass is 9.99. The van der Waals surface area contributed by atoms with E-state index in [0.717, 1.165) is 54.9 Å². The molecule has 0 amide bonds. The molecular formula is C30H46N2O2. The predicted molar refractivity (Wildman–Crippen MR) is 141 cm³/mol. The molecule has 0 atom stereocenters. The maximum absolute atomic E-state index is 5.93. The van der Waals surface area contributed by atoms with Crippen LogP contribution in [0.25, 0.3) is 11.4 Å². The molecule has 0 spiro atoms. The summed E-state index contributed by atoms with van der Waals surface area (Å²) in [5, 5.41) is 0. The van der Waals surface area contributed by atoms with Gasteiger partial charge in [-0.3, -0.25) is 0 Å². The van der Waals surface area contributed by atoms with Gasteiger partial charge in [-0.25, -0.2) is 9.97 Å². The van der Waals surface area contributed by atoms with Gasteiger partial charge in [-0.2, -0.15) is 0 Å². The average Bonchev–Trinajstić information content (AvgIpc) is 3.39. The van der Waals surface area contributed by atoms with Gasteiger partial charge in [0.05, 0.1) is 25.6 Å². The predicted octanol–water partition coefficient (Wildman–Crippen LogP) is 8.79. The monoisotopic (exact) mass is 466 g/mol. The van der Waals surface area contributed by atoms with Crippen molar-refractivity contribution in [3.63, 3.8) is 0 Å². The Hall–Kier alpha value is -2.10. The first kappa shape index (κ1) is 26.5. The quantitative estimate of drug-likeness (QED) is 0.206. The first-order chi connectivity index (χ1) is 16.8. The zero-order valence-corrected chi connectivity index (χ0v) is 21.5. The maximum atomic E-state index is 5.93. The molecule has 1 saturated carbocycles. The van der Waals surface area contributed by atoms with E-state index in [9.17, 15) is 0 Å². The number of hydrogen-bond donors (Lipinski definition) is 0. The summed E-state index contributed by atoms with van der Waals surface area (Å²) in [5.41, 5.74) is 0.997. The van der Waals surface area contributed by atoms with Crippen molar-refractivity contribution in [1.29, 1.82) is 0 Å². The molecule has 0 aliphatic heterocycles. The summed E-state index contributed by atoms with van der Waals surface area (Å²) in [4.78, 5) is 8.95. The Bertz CT molecular complexity index is 754. The van der Waals surface area contributed by atoms with Gasteiger partial charge in [0.2, 0.25) is 0 Å². The third-order valence-corrected chi connectivity index (χ3v) is 7.01. The molecule has 1 aromatic heterocycles. The Labute approximate surface area is 207 Å². The van der Waals surface area contributed by atoms with Crippen LogP contribution in [0.5, 0.6) is 11.5 Å². The molecule has 0 unspecified atom stereocenters. The second-order valence-corrected chi connectivity index (χ2v) is 9.94. The van der Waals surface area contributed by atoms with Crippen LogP contribution < -0.4 is 9.47 Å². The molecule has 4 heteroatoms. The topological polar surface area (TPSA) is 44.2 Å². The van der Waals surface area contributed by atoms with E-state index < -0.39 is 0 Å². The fraction of sp³-hybridized carbons (Fsp3) is 0.667. The summed E-state index contributed by atoms with van der Waals surface area (Å²) in [6.07, 6.45) is 25.0. The Balaban J connectivity index is 1.25. The number of ether oxygens (including phenoxy) is 2. The summed E-state index contributed by atoms with van der Waals surface area (Å²) in [7, 11) is 0. The van der Waals surface area contributed by atoms with E-state index in [2.05, 4.69) is 16.9 Å². The lowest BCUT2D eigenvalue weighted by Crippen LogP contribution is -1.99. The molecule has 1 aromatic carbocycles. The molecule has 0 saturated heterocycles. The minimum atomic E-state index is 0.719. The number of aromatic nitrogens is 2. The number of hydrogen-bond acceptors (Lipinski definition) is 4. The molecule has 188 valence electrons. The summed E-state index contributed by atoms with van der Waals surface area (Å²) in [5.74, 6) is 3.42. The maximum Gasteiger partial charge on any atom is 0.159 e. The Kier molecular flexibility index (Phi) is 12.9. The minimum Gasteiger partial charge on any atom is -0.494 e. The smallest absolute Gasteiger partial charge is 0.159 e. The first-order valence-corrected chi connectivity index (χ1v) is 14.0. The highest BCUT2D eigenvalue weighted by atomic mass is 16.5. The second-order valence-electron chi connectivity index (χ2n) is 9.94. The normalized spacial score (nSPS) is 13.9. The van der Waals surface area contributed by atoms with Crippen molar-refractivity contribution in [2.24, 2.45) is 5.92 Å². The van der Waals surface area contributed by atoms with Gasteiger partial charge in [-0.1, -0.05) is 96.8 Å². The van der Waals surface area contributed by atoms with E-state index in [1.165, 1.54) is 89.9 Å². The highest BCUT2D eigenvalue weighted by molar-refractivity contribution is 5.56. The molecular weight excluding hydrogens is 420 g/mol. The van der Waals surface area contributed by atoms with E-state index in [1.54, 1.807) is 12.4 Å². The van der Waals surface area contributed by atoms with E-state index in [4.69, 9.17) is 9.47 Å². The largest absolute Gasteiger partial charge is 0.494 e. The average molecular weight is 467 g/mol. The lowest BCUT2D eigenvalue weighted by molar-refractivity contribution is 0.302. The molecule has 4 nitrogen and oxygen atoms in total. The van der Waals surface area contributed by atoms with Gasteiger partial charge >= 0.3 is 0 Å². The van der Waals surface area contributed by atoms with Crippen LogP contribution in [0.1, 0.15) is 110 Å². The van der Waals surface area contributed by atoms with Crippen LogP contribution in [-0.4, -0.2) is 23.2 Å². The Morgan fingerprint density at radius 2 is 1.24 bits per heavy atom. The molecule has 3 rings (SSSR count). The molecule has 2 aromatic rings. The van der Waals surface area contributed by atoms with Crippen LogP contribution in [-0.2, 0) is 0 Å². The van der Waals surface area contributed by atoms with Crippen LogP contribution in [0.2, 0.25) is 0 Å². The summed E-state index contributed by atoms with van der Waals surface area (Å²) in [6.45, 7) is 3.78. The van der Waals surface area contributed by atoms with E-state index >= 15 is 0 Å². The van der Waals surface area contributed by atoms with Crippen LogP contribution in [0, 0.1) is 5.92 Å². The van der Waals surface area contributed by atoms with Crippen LogP contribution in [0.15, 0.2) is 36.7 Å². The van der Waals surface area contributed by atoms with Crippen molar-refractivity contribution >= 4 is 0 Å². The van der Waals surface area contributed by atoms with Crippen LogP contribution in [0.3, 0.4) is 0 Å². The Morgan fingerprint density at radius 3 is 1.88 bits per heavy atom. The number of unbranched alkanes of at least 4 members (excludes halogenated alkanes) is 9. The first-order valence-electron chi connectivity index (χ1n) is 14.0. The van der Waals surface area contributed by atoms with Gasteiger partial charge in [0.25, 0.3) is 0 Å². The highest BCUT2D eigenvalue weighted by Gasteiger charge is 2.13. The zero-order chi connectivity index (χ0) is 23.7. The highest BCUT2D eigenvalue weighted by Crippen LogP contribution is 2.29. The molecule has 0 bridgehead atoms. The van der Waals surface area contributed by atoms with Crippen molar-refractivity contribution in [2.75, 3.05) is 13.2 Å². The standard InChI is InChI=1S/C30H46N2O2/c1-2-3-4-5-8-14-23-34-29-24-31-30(32-25-29)27-18-20-28(21-19-27)33-22-13-9-6-7-10-15-26-16-11-12-17-26/h18-21,24-26H,2-17,22-23H2,1H3. The SMILES string of the molecule is CCCCCCCCOc1cnc(-c2ccc(OCCCCCCCC3CCCC3)cc2)nc1. The third kappa shape index (κ3) is 10.4. The van der Waals surface area contributed by atoms with Gasteiger partial charge in [0.1, 0.15) is 5.75 Å². The van der Waals surface area contributed by atoms with Crippen molar-refractivity contribution in [2.45, 2.75) is 110 Å².